The Balaban J connectivity index is 1.87. The molecule has 0 amide bonds. The van der Waals surface area contributed by atoms with Crippen LogP contribution >= 0.6 is 0 Å². The molecule has 4 heteroatoms. The van der Waals surface area contributed by atoms with E-state index in [1.807, 2.05) is 31.2 Å². The number of fused-ring (bicyclic) bond motifs is 1. The number of nitrogens with zero attached hydrogens (tertiary/aromatic N) is 1. The summed E-state index contributed by atoms with van der Waals surface area (Å²) >= 11 is 0. The Kier molecular flexibility index (Phi) is 4.28. The maximum atomic E-state index is 5.66. The molecule has 22 heavy (non-hydrogen) atoms. The molecule has 0 unspecified atom stereocenters. The first-order chi connectivity index (χ1) is 10.8. The summed E-state index contributed by atoms with van der Waals surface area (Å²) in [5, 5.41) is 0. The van der Waals surface area contributed by atoms with Gasteiger partial charge < -0.3 is 14.2 Å². The fraction of sp³-hybridized carbons (Fsp3) is 0.278. The molecule has 0 radical (unpaired) electrons. The summed E-state index contributed by atoms with van der Waals surface area (Å²) in [4.78, 5) is 4.52. The third-order valence-corrected chi connectivity index (χ3v) is 3.50. The summed E-state index contributed by atoms with van der Waals surface area (Å²) in [6.07, 6.45) is 2.83. The van der Waals surface area contributed by atoms with E-state index in [2.05, 4.69) is 24.0 Å². The van der Waals surface area contributed by atoms with Gasteiger partial charge in [-0.05, 0) is 37.1 Å². The minimum Gasteiger partial charge on any atom is -0.493 e. The smallest absolute Gasteiger partial charge is 0.231 e. The van der Waals surface area contributed by atoms with Gasteiger partial charge >= 0.3 is 0 Å². The quantitative estimate of drug-likeness (QED) is 0.779. The molecule has 2 aromatic carbocycles. The van der Waals surface area contributed by atoms with E-state index in [0.29, 0.717) is 12.4 Å². The highest BCUT2D eigenvalue weighted by Crippen LogP contribution is 2.37. The van der Waals surface area contributed by atoms with Crippen LogP contribution in [0.25, 0.3) is 0 Å². The third-order valence-electron chi connectivity index (χ3n) is 3.50. The topological polar surface area (TPSA) is 40.0 Å². The van der Waals surface area contributed by atoms with Crippen molar-refractivity contribution in [2.24, 2.45) is 4.99 Å². The van der Waals surface area contributed by atoms with Crippen LogP contribution in [0.4, 0.5) is 5.69 Å². The normalized spacial score (nSPS) is 12.8. The van der Waals surface area contributed by atoms with Crippen LogP contribution in [-0.4, -0.2) is 19.6 Å². The van der Waals surface area contributed by atoms with Crippen molar-refractivity contribution in [2.45, 2.75) is 20.3 Å². The largest absolute Gasteiger partial charge is 0.493 e. The van der Waals surface area contributed by atoms with E-state index in [1.54, 1.807) is 6.21 Å². The second kappa shape index (κ2) is 6.52. The molecule has 1 aliphatic heterocycles. The maximum absolute atomic E-state index is 5.66. The van der Waals surface area contributed by atoms with Crippen LogP contribution in [0.1, 0.15) is 25.0 Å². The summed E-state index contributed by atoms with van der Waals surface area (Å²) in [6, 6.07) is 12.0. The van der Waals surface area contributed by atoms with E-state index in [1.165, 1.54) is 5.56 Å². The van der Waals surface area contributed by atoms with Crippen molar-refractivity contribution < 1.29 is 14.2 Å². The van der Waals surface area contributed by atoms with E-state index in [-0.39, 0.29) is 6.79 Å². The molecule has 0 saturated heterocycles. The molecule has 0 N–H and O–H groups in total. The van der Waals surface area contributed by atoms with Gasteiger partial charge in [-0.2, -0.15) is 0 Å². The van der Waals surface area contributed by atoms with E-state index in [0.717, 1.165) is 29.2 Å². The van der Waals surface area contributed by atoms with Crippen LogP contribution in [0.2, 0.25) is 0 Å². The van der Waals surface area contributed by atoms with Crippen molar-refractivity contribution in [3.8, 4) is 17.2 Å². The van der Waals surface area contributed by atoms with Gasteiger partial charge in [-0.3, -0.25) is 4.99 Å². The molecule has 0 aromatic heterocycles. The van der Waals surface area contributed by atoms with Gasteiger partial charge in [0, 0.05) is 17.8 Å². The zero-order valence-electron chi connectivity index (χ0n) is 12.8. The highest BCUT2D eigenvalue weighted by molar-refractivity contribution is 5.87. The maximum Gasteiger partial charge on any atom is 0.231 e. The number of rotatable bonds is 5. The van der Waals surface area contributed by atoms with Crippen LogP contribution in [0.15, 0.2) is 41.4 Å². The summed E-state index contributed by atoms with van der Waals surface area (Å²) in [5.41, 5.74) is 3.10. The molecule has 0 fully saturated rings. The van der Waals surface area contributed by atoms with Crippen LogP contribution in [-0.2, 0) is 6.42 Å². The second-order valence-electron chi connectivity index (χ2n) is 4.95. The minimum atomic E-state index is 0.250. The van der Waals surface area contributed by atoms with E-state index in [9.17, 15) is 0 Å². The highest BCUT2D eigenvalue weighted by Gasteiger charge is 2.17. The Morgan fingerprint density at radius 2 is 1.82 bits per heavy atom. The monoisotopic (exact) mass is 297 g/mol. The first kappa shape index (κ1) is 14.4. The van der Waals surface area contributed by atoms with Gasteiger partial charge in [0.15, 0.2) is 11.5 Å². The number of hydrogen-bond acceptors (Lipinski definition) is 4. The van der Waals surface area contributed by atoms with Gasteiger partial charge in [0.2, 0.25) is 6.79 Å². The molecule has 0 saturated carbocycles. The average Bonchev–Trinajstić information content (AvgIpc) is 3.00. The first-order valence-corrected chi connectivity index (χ1v) is 7.49. The van der Waals surface area contributed by atoms with Crippen molar-refractivity contribution >= 4 is 11.9 Å². The lowest BCUT2D eigenvalue weighted by atomic mass is 10.1. The SMILES string of the molecule is CCOc1cc2c(cc1C=Nc1ccc(CC)cc1)OCO2. The van der Waals surface area contributed by atoms with E-state index >= 15 is 0 Å². The summed E-state index contributed by atoms with van der Waals surface area (Å²) in [7, 11) is 0. The lowest BCUT2D eigenvalue weighted by Crippen LogP contribution is -1.96. The molecule has 1 heterocycles. The average molecular weight is 297 g/mol. The Morgan fingerprint density at radius 3 is 2.50 bits per heavy atom. The van der Waals surface area contributed by atoms with Gasteiger partial charge in [-0.15, -0.1) is 0 Å². The van der Waals surface area contributed by atoms with Gasteiger partial charge in [0.05, 0.1) is 12.3 Å². The molecule has 0 aliphatic carbocycles. The van der Waals surface area contributed by atoms with Crippen LogP contribution in [0.3, 0.4) is 0 Å². The van der Waals surface area contributed by atoms with Crippen molar-refractivity contribution in [1.29, 1.82) is 0 Å². The predicted molar refractivity (Wildman–Crippen MR) is 86.8 cm³/mol. The van der Waals surface area contributed by atoms with Crippen LogP contribution < -0.4 is 14.2 Å². The Bertz CT molecular complexity index is 677. The number of ether oxygens (including phenoxy) is 3. The summed E-state index contributed by atoms with van der Waals surface area (Å²) in [5.74, 6) is 2.19. The molecular formula is C18H19NO3. The summed E-state index contributed by atoms with van der Waals surface area (Å²) in [6.45, 7) is 4.93. The fourth-order valence-corrected chi connectivity index (χ4v) is 2.28. The molecule has 2 aromatic rings. The summed E-state index contributed by atoms with van der Waals surface area (Å²) < 4.78 is 16.5. The van der Waals surface area contributed by atoms with Crippen molar-refractivity contribution in [2.75, 3.05) is 13.4 Å². The van der Waals surface area contributed by atoms with Crippen LogP contribution in [0, 0.1) is 0 Å². The number of benzene rings is 2. The molecular weight excluding hydrogens is 278 g/mol. The third kappa shape index (κ3) is 3.06. The van der Waals surface area contributed by atoms with Gasteiger partial charge in [0.1, 0.15) is 5.75 Å². The molecule has 114 valence electrons. The lowest BCUT2D eigenvalue weighted by Gasteiger charge is -2.08. The van der Waals surface area contributed by atoms with Gasteiger partial charge in [-0.25, -0.2) is 0 Å². The number of aryl methyl sites for hydroxylation is 1. The van der Waals surface area contributed by atoms with Crippen molar-refractivity contribution in [1.82, 2.24) is 0 Å². The van der Waals surface area contributed by atoms with Gasteiger partial charge in [0.25, 0.3) is 0 Å². The Morgan fingerprint density at radius 1 is 1.09 bits per heavy atom. The molecule has 0 spiro atoms. The molecule has 0 bridgehead atoms. The van der Waals surface area contributed by atoms with Crippen molar-refractivity contribution in [3.05, 3.63) is 47.5 Å². The van der Waals surface area contributed by atoms with Gasteiger partial charge in [-0.1, -0.05) is 19.1 Å². The number of aliphatic imine (C=N–C) groups is 1. The standard InChI is InChI=1S/C18H19NO3/c1-3-13-5-7-15(8-6-13)19-11-14-9-17-18(22-12-21-17)10-16(14)20-4-2/h5-11H,3-4,12H2,1-2H3. The number of hydrogen-bond donors (Lipinski definition) is 0. The lowest BCUT2D eigenvalue weighted by molar-refractivity contribution is 0.174. The molecule has 1 aliphatic rings. The zero-order valence-corrected chi connectivity index (χ0v) is 12.8. The minimum absolute atomic E-state index is 0.250. The van der Waals surface area contributed by atoms with Crippen molar-refractivity contribution in [3.63, 3.8) is 0 Å². The predicted octanol–water partition coefficient (Wildman–Crippen LogP) is 4.13. The Hall–Kier alpha value is -2.49. The van der Waals surface area contributed by atoms with Crippen LogP contribution in [0.5, 0.6) is 17.2 Å². The Labute approximate surface area is 130 Å². The highest BCUT2D eigenvalue weighted by atomic mass is 16.7. The van der Waals surface area contributed by atoms with E-state index < -0.39 is 0 Å². The molecule has 0 atom stereocenters. The fourth-order valence-electron chi connectivity index (χ4n) is 2.28. The van der Waals surface area contributed by atoms with E-state index in [4.69, 9.17) is 14.2 Å². The molecule has 4 nitrogen and oxygen atoms in total. The first-order valence-electron chi connectivity index (χ1n) is 7.49. The second-order valence-corrected chi connectivity index (χ2v) is 4.95. The zero-order chi connectivity index (χ0) is 15.4. The molecule has 3 rings (SSSR count).